The second-order valence-electron chi connectivity index (χ2n) is 8.68. The van der Waals surface area contributed by atoms with Crippen molar-refractivity contribution in [1.82, 2.24) is 9.62 Å². The lowest BCUT2D eigenvalue weighted by Gasteiger charge is -2.33. The first-order valence-electron chi connectivity index (χ1n) is 10.8. The minimum absolute atomic E-state index is 0.0293. The van der Waals surface area contributed by atoms with Crippen LogP contribution in [0.4, 0.5) is 4.39 Å². The molecule has 4 rings (SSSR count). The standard InChI is InChI=1S/C23H25Cl2FN2O4S/c1-33(30,31)27-23(29)19-12-18(14-2-3-14)15(10-21(19)26)13-28-8-6-17(7-9-28)32-22-5-4-16(24)11-20(22)25/h4-5,10-12,14,17H,2-3,6-9,13H2,1H3,(H,27,29). The Morgan fingerprint density at radius 3 is 2.45 bits per heavy atom. The quantitative estimate of drug-likeness (QED) is 0.577. The van der Waals surface area contributed by atoms with Crippen molar-refractivity contribution in [3.05, 3.63) is 62.9 Å². The van der Waals surface area contributed by atoms with Crippen molar-refractivity contribution < 1.29 is 22.3 Å². The van der Waals surface area contributed by atoms with Gasteiger partial charge in [-0.1, -0.05) is 23.2 Å². The highest BCUT2D eigenvalue weighted by atomic mass is 35.5. The van der Waals surface area contributed by atoms with Crippen LogP contribution >= 0.6 is 23.2 Å². The SMILES string of the molecule is CS(=O)(=O)NC(=O)c1cc(C2CC2)c(CN2CCC(Oc3ccc(Cl)cc3Cl)CC2)cc1F. The molecule has 1 aliphatic carbocycles. The molecule has 1 N–H and O–H groups in total. The fourth-order valence-electron chi connectivity index (χ4n) is 4.12. The molecule has 33 heavy (non-hydrogen) atoms. The van der Waals surface area contributed by atoms with Crippen LogP contribution in [0, 0.1) is 5.82 Å². The summed E-state index contributed by atoms with van der Waals surface area (Å²) >= 11 is 12.1. The fourth-order valence-corrected chi connectivity index (χ4v) is 5.02. The lowest BCUT2D eigenvalue weighted by Crippen LogP contribution is -2.38. The molecule has 1 saturated carbocycles. The lowest BCUT2D eigenvalue weighted by atomic mass is 9.97. The van der Waals surface area contributed by atoms with Crippen molar-refractivity contribution in [3.8, 4) is 5.75 Å². The maximum Gasteiger partial charge on any atom is 0.267 e. The molecule has 0 atom stereocenters. The van der Waals surface area contributed by atoms with Crippen molar-refractivity contribution in [2.24, 2.45) is 0 Å². The summed E-state index contributed by atoms with van der Waals surface area (Å²) in [7, 11) is -3.77. The monoisotopic (exact) mass is 514 g/mol. The third kappa shape index (κ3) is 6.38. The summed E-state index contributed by atoms with van der Waals surface area (Å²) in [4.78, 5) is 14.5. The van der Waals surface area contributed by atoms with Gasteiger partial charge in [0.25, 0.3) is 5.91 Å². The van der Waals surface area contributed by atoms with Gasteiger partial charge in [0, 0.05) is 24.7 Å². The zero-order valence-electron chi connectivity index (χ0n) is 18.1. The van der Waals surface area contributed by atoms with Gasteiger partial charge in [0.1, 0.15) is 17.7 Å². The number of likely N-dealkylation sites (tertiary alicyclic amines) is 1. The average Bonchev–Trinajstić information content (AvgIpc) is 3.55. The first-order valence-corrected chi connectivity index (χ1v) is 13.4. The molecule has 1 saturated heterocycles. The number of hydrogen-bond acceptors (Lipinski definition) is 5. The van der Waals surface area contributed by atoms with E-state index >= 15 is 0 Å². The molecule has 2 aromatic carbocycles. The molecule has 2 fully saturated rings. The van der Waals surface area contributed by atoms with E-state index in [4.69, 9.17) is 27.9 Å². The highest BCUT2D eigenvalue weighted by Crippen LogP contribution is 2.43. The van der Waals surface area contributed by atoms with Crippen LogP contribution in [-0.4, -0.2) is 44.7 Å². The Labute approximate surface area is 203 Å². The number of ether oxygens (including phenoxy) is 1. The van der Waals surface area contributed by atoms with Crippen molar-refractivity contribution >= 4 is 39.1 Å². The summed E-state index contributed by atoms with van der Waals surface area (Å²) < 4.78 is 45.4. The lowest BCUT2D eigenvalue weighted by molar-refractivity contribution is 0.0961. The Bertz CT molecular complexity index is 1160. The number of amides is 1. The number of carbonyl (C=O) groups excluding carboxylic acids is 1. The number of nitrogens with zero attached hydrogens (tertiary/aromatic N) is 1. The number of rotatable bonds is 7. The van der Waals surface area contributed by atoms with E-state index in [0.29, 0.717) is 22.3 Å². The molecular formula is C23H25Cl2FN2O4S. The van der Waals surface area contributed by atoms with Gasteiger partial charge < -0.3 is 4.74 Å². The summed E-state index contributed by atoms with van der Waals surface area (Å²) in [5.41, 5.74) is 1.52. The van der Waals surface area contributed by atoms with Crippen LogP contribution in [-0.2, 0) is 16.6 Å². The van der Waals surface area contributed by atoms with E-state index in [2.05, 4.69) is 4.90 Å². The minimum Gasteiger partial charge on any atom is -0.489 e. The van der Waals surface area contributed by atoms with E-state index in [9.17, 15) is 17.6 Å². The van der Waals surface area contributed by atoms with E-state index in [-0.39, 0.29) is 17.6 Å². The van der Waals surface area contributed by atoms with E-state index < -0.39 is 21.7 Å². The molecule has 6 nitrogen and oxygen atoms in total. The first kappa shape index (κ1) is 24.3. The maximum atomic E-state index is 14.7. The van der Waals surface area contributed by atoms with Gasteiger partial charge >= 0.3 is 0 Å². The topological polar surface area (TPSA) is 75.7 Å². The molecule has 2 aromatic rings. The molecule has 2 aliphatic rings. The van der Waals surface area contributed by atoms with Gasteiger partial charge in [-0.2, -0.15) is 0 Å². The Hall–Kier alpha value is -1.87. The van der Waals surface area contributed by atoms with Crippen LogP contribution < -0.4 is 9.46 Å². The molecular weight excluding hydrogens is 490 g/mol. The molecule has 1 heterocycles. The predicted molar refractivity (Wildman–Crippen MR) is 126 cm³/mol. The van der Waals surface area contributed by atoms with Gasteiger partial charge in [0.05, 0.1) is 16.8 Å². The van der Waals surface area contributed by atoms with Gasteiger partial charge in [-0.05, 0) is 73.1 Å². The number of piperidine rings is 1. The second-order valence-corrected chi connectivity index (χ2v) is 11.3. The molecule has 0 radical (unpaired) electrons. The summed E-state index contributed by atoms with van der Waals surface area (Å²) in [6, 6.07) is 8.05. The predicted octanol–water partition coefficient (Wildman–Crippen LogP) is 4.74. The Kier molecular flexibility index (Phi) is 7.19. The number of hydrogen-bond donors (Lipinski definition) is 1. The van der Waals surface area contributed by atoms with E-state index in [1.165, 1.54) is 12.1 Å². The minimum atomic E-state index is -3.77. The van der Waals surface area contributed by atoms with Crippen LogP contribution in [0.1, 0.15) is 53.1 Å². The molecule has 178 valence electrons. The number of nitrogens with one attached hydrogen (secondary N) is 1. The van der Waals surface area contributed by atoms with E-state index in [1.54, 1.807) is 18.2 Å². The van der Waals surface area contributed by atoms with Crippen molar-refractivity contribution in [3.63, 3.8) is 0 Å². The van der Waals surface area contributed by atoms with Crippen LogP contribution in [0.2, 0.25) is 10.0 Å². The van der Waals surface area contributed by atoms with Crippen molar-refractivity contribution in [2.75, 3.05) is 19.3 Å². The molecule has 0 unspecified atom stereocenters. The fraction of sp³-hybridized carbons (Fsp3) is 0.435. The van der Waals surface area contributed by atoms with Crippen LogP contribution in [0.3, 0.4) is 0 Å². The molecule has 1 amide bonds. The summed E-state index contributed by atoms with van der Waals surface area (Å²) in [6.07, 6.45) is 4.45. The van der Waals surface area contributed by atoms with Crippen molar-refractivity contribution in [1.29, 1.82) is 0 Å². The average molecular weight is 515 g/mol. The molecule has 0 bridgehead atoms. The largest absolute Gasteiger partial charge is 0.489 e. The zero-order chi connectivity index (χ0) is 23.8. The number of benzene rings is 2. The highest BCUT2D eigenvalue weighted by Gasteiger charge is 2.30. The van der Waals surface area contributed by atoms with Gasteiger partial charge in [-0.3, -0.25) is 9.69 Å². The van der Waals surface area contributed by atoms with Crippen LogP contribution in [0.15, 0.2) is 30.3 Å². The van der Waals surface area contributed by atoms with Gasteiger partial charge in [-0.15, -0.1) is 0 Å². The molecule has 1 aliphatic heterocycles. The molecule has 10 heteroatoms. The summed E-state index contributed by atoms with van der Waals surface area (Å²) in [6.45, 7) is 2.11. The highest BCUT2D eigenvalue weighted by molar-refractivity contribution is 7.89. The number of halogens is 3. The Morgan fingerprint density at radius 1 is 1.15 bits per heavy atom. The normalized spacial score (nSPS) is 17.7. The van der Waals surface area contributed by atoms with Gasteiger partial charge in [0.15, 0.2) is 0 Å². The smallest absolute Gasteiger partial charge is 0.267 e. The number of sulfonamides is 1. The second kappa shape index (κ2) is 9.78. The summed E-state index contributed by atoms with van der Waals surface area (Å²) in [5.74, 6) is -0.771. The first-order chi connectivity index (χ1) is 15.6. The number of carbonyl (C=O) groups is 1. The van der Waals surface area contributed by atoms with Gasteiger partial charge in [-0.25, -0.2) is 17.5 Å². The van der Waals surface area contributed by atoms with Crippen LogP contribution in [0.25, 0.3) is 0 Å². The van der Waals surface area contributed by atoms with E-state index in [1.807, 2.05) is 4.72 Å². The summed E-state index contributed by atoms with van der Waals surface area (Å²) in [5, 5.41) is 1.04. The Morgan fingerprint density at radius 2 is 1.85 bits per heavy atom. The third-order valence-electron chi connectivity index (χ3n) is 5.88. The van der Waals surface area contributed by atoms with Crippen molar-refractivity contribution in [2.45, 2.75) is 44.2 Å². The van der Waals surface area contributed by atoms with E-state index in [0.717, 1.165) is 56.2 Å². The third-order valence-corrected chi connectivity index (χ3v) is 6.97. The molecule has 0 spiro atoms. The maximum absolute atomic E-state index is 14.7. The Balaban J connectivity index is 1.42. The zero-order valence-corrected chi connectivity index (χ0v) is 20.4. The van der Waals surface area contributed by atoms with Gasteiger partial charge in [0.2, 0.25) is 10.0 Å². The molecule has 0 aromatic heterocycles. The van der Waals surface area contributed by atoms with Crippen LogP contribution in [0.5, 0.6) is 5.75 Å².